The maximum absolute atomic E-state index is 12.0. The van der Waals surface area contributed by atoms with E-state index in [0.717, 1.165) is 5.56 Å². The van der Waals surface area contributed by atoms with Crippen molar-refractivity contribution in [1.82, 2.24) is 10.2 Å². The summed E-state index contributed by atoms with van der Waals surface area (Å²) in [4.78, 5) is 24.3. The summed E-state index contributed by atoms with van der Waals surface area (Å²) in [5.41, 5.74) is -0.335. The maximum atomic E-state index is 12.0. The topological polar surface area (TPSA) is 99.1 Å². The van der Waals surface area contributed by atoms with Crippen LogP contribution in [0.2, 0.25) is 0 Å². The molecule has 126 valence electrons. The minimum Gasteiger partial charge on any atom is -0.465 e. The number of benzene rings is 1. The monoisotopic (exact) mass is 322 g/mol. The molecular weight excluding hydrogens is 300 g/mol. The van der Waals surface area contributed by atoms with Crippen LogP contribution in [0.1, 0.15) is 25.3 Å². The molecule has 1 aromatic rings. The molecule has 1 aliphatic rings. The van der Waals surface area contributed by atoms with Crippen molar-refractivity contribution in [2.75, 3.05) is 13.1 Å². The van der Waals surface area contributed by atoms with Crippen LogP contribution < -0.4 is 5.32 Å². The molecule has 1 aliphatic heterocycles. The number of nitrogens with zero attached hydrogens (tertiary/aromatic N) is 1. The quantitative estimate of drug-likeness (QED) is 0.788. The average molecular weight is 322 g/mol. The van der Waals surface area contributed by atoms with Gasteiger partial charge in [-0.05, 0) is 25.3 Å². The number of hydrogen-bond donors (Lipinski definition) is 3. The maximum Gasteiger partial charge on any atom is 0.407 e. The summed E-state index contributed by atoms with van der Waals surface area (Å²) in [6, 6.07) is 8.51. The second-order valence-electron chi connectivity index (χ2n) is 5.95. The predicted molar refractivity (Wildman–Crippen MR) is 83.0 cm³/mol. The van der Waals surface area contributed by atoms with E-state index in [9.17, 15) is 14.7 Å². The zero-order valence-corrected chi connectivity index (χ0v) is 13.1. The Labute approximate surface area is 134 Å². The summed E-state index contributed by atoms with van der Waals surface area (Å²) in [6.07, 6.45) is -0.796. The Morgan fingerprint density at radius 1 is 1.39 bits per heavy atom. The number of nitrogens with one attached hydrogen (secondary N) is 1. The van der Waals surface area contributed by atoms with Crippen LogP contribution >= 0.6 is 0 Å². The molecule has 1 aromatic carbocycles. The van der Waals surface area contributed by atoms with Gasteiger partial charge in [0.15, 0.2) is 0 Å². The van der Waals surface area contributed by atoms with Gasteiger partial charge in [-0.25, -0.2) is 9.59 Å². The van der Waals surface area contributed by atoms with Crippen molar-refractivity contribution in [2.24, 2.45) is 0 Å². The normalized spacial score (nSPS) is 24.6. The van der Waals surface area contributed by atoms with Crippen LogP contribution in [0.3, 0.4) is 0 Å². The van der Waals surface area contributed by atoms with E-state index in [1.165, 1.54) is 4.90 Å². The van der Waals surface area contributed by atoms with Gasteiger partial charge < -0.3 is 25.2 Å². The van der Waals surface area contributed by atoms with E-state index in [1.807, 2.05) is 30.3 Å². The Kier molecular flexibility index (Phi) is 5.44. The largest absolute Gasteiger partial charge is 0.465 e. The number of alkyl carbamates (subject to hydrolysis) is 1. The zero-order chi connectivity index (χ0) is 16.9. The third kappa shape index (κ3) is 4.85. The molecule has 0 aromatic heterocycles. The van der Waals surface area contributed by atoms with Crippen LogP contribution in [0.25, 0.3) is 0 Å². The Morgan fingerprint density at radius 2 is 2.09 bits per heavy atom. The number of likely N-dealkylation sites (tertiary alicyclic amines) is 1. The summed E-state index contributed by atoms with van der Waals surface area (Å²) in [5.74, 6) is 0. The molecule has 1 fully saturated rings. The first-order valence-electron chi connectivity index (χ1n) is 7.56. The van der Waals surface area contributed by atoms with E-state index in [1.54, 1.807) is 6.92 Å². The lowest BCUT2D eigenvalue weighted by Gasteiger charge is -2.32. The second-order valence-corrected chi connectivity index (χ2v) is 5.95. The third-order valence-electron chi connectivity index (χ3n) is 4.04. The molecule has 0 bridgehead atoms. The molecule has 0 saturated carbocycles. The van der Waals surface area contributed by atoms with Gasteiger partial charge in [0.05, 0.1) is 11.6 Å². The molecule has 2 rings (SSSR count). The van der Waals surface area contributed by atoms with Crippen molar-refractivity contribution >= 4 is 12.2 Å². The Hall–Kier alpha value is -2.28. The Morgan fingerprint density at radius 3 is 2.74 bits per heavy atom. The summed E-state index contributed by atoms with van der Waals surface area (Å²) in [7, 11) is 0. The first-order valence-corrected chi connectivity index (χ1v) is 7.56. The van der Waals surface area contributed by atoms with Crippen LogP contribution in [0, 0.1) is 0 Å². The van der Waals surface area contributed by atoms with E-state index in [2.05, 4.69) is 5.32 Å². The highest BCUT2D eigenvalue weighted by Gasteiger charge is 2.38. The van der Waals surface area contributed by atoms with Gasteiger partial charge in [0.1, 0.15) is 6.61 Å². The van der Waals surface area contributed by atoms with E-state index in [-0.39, 0.29) is 13.2 Å². The molecule has 7 heteroatoms. The zero-order valence-electron chi connectivity index (χ0n) is 13.1. The first-order chi connectivity index (χ1) is 10.9. The van der Waals surface area contributed by atoms with Crippen molar-refractivity contribution in [2.45, 2.75) is 38.0 Å². The number of amides is 2. The standard InChI is InChI=1S/C16H22N2O5/c1-16(22)8-5-9-18(15(20)21)10-13(16)17-14(19)23-11-12-6-3-2-4-7-12/h2-4,6-7,13,22H,5,8-11H2,1H3,(H,17,19)(H,20,21)/t13-,16-/m1/s1. The fourth-order valence-electron chi connectivity index (χ4n) is 2.59. The lowest BCUT2D eigenvalue weighted by molar-refractivity contribution is 0.0111. The summed E-state index contributed by atoms with van der Waals surface area (Å²) in [6.45, 7) is 2.08. The molecule has 7 nitrogen and oxygen atoms in total. The molecule has 1 heterocycles. The van der Waals surface area contributed by atoms with E-state index < -0.39 is 23.8 Å². The van der Waals surface area contributed by atoms with E-state index >= 15 is 0 Å². The van der Waals surface area contributed by atoms with Gasteiger partial charge in [-0.2, -0.15) is 0 Å². The number of ether oxygens (including phenoxy) is 1. The highest BCUT2D eigenvalue weighted by Crippen LogP contribution is 2.22. The Bertz CT molecular complexity index is 547. The first kappa shape index (κ1) is 17.1. The number of carbonyl (C=O) groups excluding carboxylic acids is 1. The average Bonchev–Trinajstić information content (AvgIpc) is 2.65. The Balaban J connectivity index is 1.94. The van der Waals surface area contributed by atoms with Crippen LogP contribution in [-0.2, 0) is 11.3 Å². The fraction of sp³-hybridized carbons (Fsp3) is 0.500. The highest BCUT2D eigenvalue weighted by molar-refractivity contribution is 5.68. The molecular formula is C16H22N2O5. The second kappa shape index (κ2) is 7.32. The lowest BCUT2D eigenvalue weighted by Crippen LogP contribution is -2.55. The van der Waals surface area contributed by atoms with Crippen molar-refractivity contribution < 1.29 is 24.5 Å². The number of carboxylic acid groups (broad SMARTS) is 1. The molecule has 2 atom stereocenters. The smallest absolute Gasteiger partial charge is 0.407 e. The third-order valence-corrected chi connectivity index (χ3v) is 4.04. The molecule has 1 saturated heterocycles. The van der Waals surface area contributed by atoms with Crippen LogP contribution in [-0.4, -0.2) is 52.0 Å². The number of hydrogen-bond acceptors (Lipinski definition) is 4. The van der Waals surface area contributed by atoms with Crippen molar-refractivity contribution in [3.8, 4) is 0 Å². The van der Waals surface area contributed by atoms with E-state index in [0.29, 0.717) is 19.4 Å². The molecule has 0 spiro atoms. The SMILES string of the molecule is C[C@@]1(O)CCCN(C(=O)O)C[C@H]1NC(=O)OCc1ccccc1. The van der Waals surface area contributed by atoms with Gasteiger partial charge in [-0.3, -0.25) is 0 Å². The van der Waals surface area contributed by atoms with Crippen LogP contribution in [0.4, 0.5) is 9.59 Å². The minimum absolute atomic E-state index is 0.0305. The van der Waals surface area contributed by atoms with Gasteiger partial charge in [-0.1, -0.05) is 30.3 Å². The molecule has 2 amide bonds. The lowest BCUT2D eigenvalue weighted by atomic mass is 9.92. The highest BCUT2D eigenvalue weighted by atomic mass is 16.5. The number of rotatable bonds is 3. The summed E-state index contributed by atoms with van der Waals surface area (Å²) < 4.78 is 5.13. The van der Waals surface area contributed by atoms with Gasteiger partial charge in [0.25, 0.3) is 0 Å². The molecule has 3 N–H and O–H groups in total. The van der Waals surface area contributed by atoms with Crippen molar-refractivity contribution in [3.63, 3.8) is 0 Å². The van der Waals surface area contributed by atoms with Gasteiger partial charge in [-0.15, -0.1) is 0 Å². The number of carbonyl (C=O) groups is 2. The molecule has 0 radical (unpaired) electrons. The molecule has 0 unspecified atom stereocenters. The predicted octanol–water partition coefficient (Wildman–Crippen LogP) is 1.81. The molecule has 0 aliphatic carbocycles. The van der Waals surface area contributed by atoms with Crippen LogP contribution in [0.15, 0.2) is 30.3 Å². The van der Waals surface area contributed by atoms with Crippen molar-refractivity contribution in [3.05, 3.63) is 35.9 Å². The van der Waals surface area contributed by atoms with Gasteiger partial charge in [0.2, 0.25) is 0 Å². The van der Waals surface area contributed by atoms with Crippen molar-refractivity contribution in [1.29, 1.82) is 0 Å². The van der Waals surface area contributed by atoms with Crippen LogP contribution in [0.5, 0.6) is 0 Å². The molecule has 23 heavy (non-hydrogen) atoms. The van der Waals surface area contributed by atoms with Gasteiger partial charge >= 0.3 is 12.2 Å². The van der Waals surface area contributed by atoms with E-state index in [4.69, 9.17) is 9.84 Å². The van der Waals surface area contributed by atoms with Gasteiger partial charge in [0, 0.05) is 13.1 Å². The fourth-order valence-corrected chi connectivity index (χ4v) is 2.59. The minimum atomic E-state index is -1.18. The summed E-state index contributed by atoms with van der Waals surface area (Å²) >= 11 is 0. The number of aliphatic hydroxyl groups is 1. The summed E-state index contributed by atoms with van der Waals surface area (Å²) in [5, 5.41) is 22.2.